The molecule has 1 unspecified atom stereocenters. The normalized spacial score (nSPS) is 15.4. The van der Waals surface area contributed by atoms with E-state index in [2.05, 4.69) is 62.2 Å². The number of carbonyl (C=O) groups is 1. The van der Waals surface area contributed by atoms with Gasteiger partial charge in [0.2, 0.25) is 17.7 Å². The molecule has 1 aliphatic rings. The summed E-state index contributed by atoms with van der Waals surface area (Å²) in [5, 5.41) is 15.5. The maximum atomic E-state index is 11.8. The molecule has 1 fully saturated rings. The van der Waals surface area contributed by atoms with Crippen molar-refractivity contribution in [3.63, 3.8) is 0 Å². The molecule has 1 amide bonds. The Morgan fingerprint density at radius 2 is 1.56 bits per heavy atom. The number of aromatic hydroxyl groups is 1. The van der Waals surface area contributed by atoms with Crippen LogP contribution in [0.15, 0.2) is 30.5 Å². The number of aromatic nitrogens is 3. The van der Waals surface area contributed by atoms with Crippen molar-refractivity contribution in [2.24, 2.45) is 5.92 Å². The Bertz CT molecular complexity index is 1210. The number of nitrogens with one attached hydrogen (secondary N) is 1. The number of fused-ring (bicyclic) bond motifs is 1. The first-order valence-corrected chi connectivity index (χ1v) is 13.0. The van der Waals surface area contributed by atoms with Crippen LogP contribution >= 0.6 is 0 Å². The first kappa shape index (κ1) is 25.8. The zero-order valence-corrected chi connectivity index (χ0v) is 22.6. The monoisotopic (exact) mass is 492 g/mol. The smallest absolute Gasteiger partial charge is 0.228 e. The second-order valence-electron chi connectivity index (χ2n) is 10.8. The summed E-state index contributed by atoms with van der Waals surface area (Å²) in [5.41, 5.74) is 3.06. The van der Waals surface area contributed by atoms with Gasteiger partial charge in [-0.05, 0) is 36.8 Å². The highest BCUT2D eigenvalue weighted by Crippen LogP contribution is 2.37. The van der Waals surface area contributed by atoms with E-state index in [0.717, 1.165) is 5.39 Å². The van der Waals surface area contributed by atoms with E-state index in [9.17, 15) is 9.90 Å². The lowest BCUT2D eigenvalue weighted by molar-refractivity contribution is -0.129. The minimum absolute atomic E-state index is 0.0382. The third-order valence-corrected chi connectivity index (χ3v) is 7.14. The van der Waals surface area contributed by atoms with Crippen molar-refractivity contribution in [3.8, 4) is 5.88 Å². The Hall–Kier alpha value is -3.29. The number of nitrogens with zero attached hydrogens (tertiary/aromatic N) is 5. The van der Waals surface area contributed by atoms with Crippen LogP contribution in [0.5, 0.6) is 5.88 Å². The molecule has 0 radical (unpaired) electrons. The fourth-order valence-corrected chi connectivity index (χ4v) is 4.81. The standard InChI is InChI=1S/C28H40N6O2/c1-17(2)21-8-10-22(11-9-21)24(18(3)4)29-26-23-16-34(19(5)6)27(36)25(23)30-28(31-26)33-14-12-32(13-15-33)20(7)35/h8-11,16-19,24,36H,12-15H2,1-7H3,(H,29,30,31). The summed E-state index contributed by atoms with van der Waals surface area (Å²) in [6.45, 7) is 17.1. The van der Waals surface area contributed by atoms with Gasteiger partial charge in [0.1, 0.15) is 11.3 Å². The Kier molecular flexibility index (Phi) is 7.43. The van der Waals surface area contributed by atoms with Crippen molar-refractivity contribution in [1.29, 1.82) is 0 Å². The molecule has 2 aromatic heterocycles. The number of hydrogen-bond donors (Lipinski definition) is 2. The van der Waals surface area contributed by atoms with E-state index in [1.807, 2.05) is 29.5 Å². The van der Waals surface area contributed by atoms with Crippen LogP contribution < -0.4 is 10.2 Å². The zero-order valence-electron chi connectivity index (χ0n) is 22.6. The lowest BCUT2D eigenvalue weighted by atomic mass is 9.93. The number of rotatable bonds is 7. The number of anilines is 2. The van der Waals surface area contributed by atoms with Crippen LogP contribution in [0.3, 0.4) is 0 Å². The van der Waals surface area contributed by atoms with E-state index in [-0.39, 0.29) is 23.9 Å². The van der Waals surface area contributed by atoms with E-state index in [1.165, 1.54) is 11.1 Å². The highest BCUT2D eigenvalue weighted by atomic mass is 16.3. The van der Waals surface area contributed by atoms with Gasteiger partial charge >= 0.3 is 0 Å². The van der Waals surface area contributed by atoms with Crippen molar-refractivity contribution in [2.45, 2.75) is 66.5 Å². The number of piperazine rings is 1. The number of benzene rings is 1. The molecule has 2 N–H and O–H groups in total. The van der Waals surface area contributed by atoms with Crippen LogP contribution in [0, 0.1) is 5.92 Å². The van der Waals surface area contributed by atoms with Gasteiger partial charge in [-0.25, -0.2) is 4.98 Å². The molecule has 0 spiro atoms. The van der Waals surface area contributed by atoms with Crippen LogP contribution in [0.1, 0.15) is 77.6 Å². The van der Waals surface area contributed by atoms with Crippen LogP contribution in [0.25, 0.3) is 10.9 Å². The van der Waals surface area contributed by atoms with Gasteiger partial charge in [0.25, 0.3) is 0 Å². The van der Waals surface area contributed by atoms with Crippen LogP contribution in [0.4, 0.5) is 11.8 Å². The summed E-state index contributed by atoms with van der Waals surface area (Å²) < 4.78 is 1.84. The molecule has 36 heavy (non-hydrogen) atoms. The van der Waals surface area contributed by atoms with Gasteiger partial charge in [-0.2, -0.15) is 4.98 Å². The average molecular weight is 493 g/mol. The molecule has 1 aliphatic heterocycles. The Morgan fingerprint density at radius 3 is 2.08 bits per heavy atom. The zero-order chi connectivity index (χ0) is 26.1. The summed E-state index contributed by atoms with van der Waals surface area (Å²) in [4.78, 5) is 25.5. The molecule has 8 nitrogen and oxygen atoms in total. The van der Waals surface area contributed by atoms with Crippen LogP contribution in [0.2, 0.25) is 0 Å². The Morgan fingerprint density at radius 1 is 0.944 bits per heavy atom. The summed E-state index contributed by atoms with van der Waals surface area (Å²) >= 11 is 0. The third kappa shape index (κ3) is 5.13. The molecule has 3 heterocycles. The number of amides is 1. The molecule has 1 atom stereocenters. The van der Waals surface area contributed by atoms with E-state index >= 15 is 0 Å². The van der Waals surface area contributed by atoms with E-state index in [4.69, 9.17) is 9.97 Å². The topological polar surface area (TPSA) is 86.5 Å². The van der Waals surface area contributed by atoms with Crippen molar-refractivity contribution < 1.29 is 9.90 Å². The maximum absolute atomic E-state index is 11.8. The first-order chi connectivity index (χ1) is 17.1. The average Bonchev–Trinajstić information content (AvgIpc) is 3.19. The van der Waals surface area contributed by atoms with E-state index in [0.29, 0.717) is 55.3 Å². The molecular weight excluding hydrogens is 452 g/mol. The molecule has 1 saturated heterocycles. The summed E-state index contributed by atoms with van der Waals surface area (Å²) in [7, 11) is 0. The molecule has 3 aromatic rings. The van der Waals surface area contributed by atoms with Gasteiger partial charge in [-0.1, -0.05) is 52.0 Å². The molecule has 1 aromatic carbocycles. The summed E-state index contributed by atoms with van der Waals surface area (Å²) in [6, 6.07) is 8.92. The highest BCUT2D eigenvalue weighted by Gasteiger charge is 2.26. The molecular formula is C28H40N6O2. The SMILES string of the molecule is CC(=O)N1CCN(c2nc(NC(c3ccc(C(C)C)cc3)C(C)C)c3cn(C(C)C)c(O)c3n2)CC1. The summed E-state index contributed by atoms with van der Waals surface area (Å²) in [5.74, 6) is 2.31. The van der Waals surface area contributed by atoms with Crippen molar-refractivity contribution in [2.75, 3.05) is 36.4 Å². The lowest BCUT2D eigenvalue weighted by Gasteiger charge is -2.34. The fourth-order valence-electron chi connectivity index (χ4n) is 4.81. The molecule has 4 rings (SSSR count). The molecule has 0 saturated carbocycles. The number of carbonyl (C=O) groups excluding carboxylic acids is 1. The maximum Gasteiger partial charge on any atom is 0.228 e. The lowest BCUT2D eigenvalue weighted by Crippen LogP contribution is -2.48. The molecule has 0 bridgehead atoms. The van der Waals surface area contributed by atoms with Gasteiger partial charge in [-0.3, -0.25) is 4.79 Å². The second kappa shape index (κ2) is 10.4. The van der Waals surface area contributed by atoms with Crippen molar-refractivity contribution in [1.82, 2.24) is 19.4 Å². The van der Waals surface area contributed by atoms with Crippen molar-refractivity contribution in [3.05, 3.63) is 41.6 Å². The van der Waals surface area contributed by atoms with E-state index in [1.54, 1.807) is 6.92 Å². The minimum atomic E-state index is 0.0382. The van der Waals surface area contributed by atoms with Crippen molar-refractivity contribution >= 4 is 28.6 Å². The number of hydrogen-bond acceptors (Lipinski definition) is 6. The quantitative estimate of drug-likeness (QED) is 0.464. The first-order valence-electron chi connectivity index (χ1n) is 13.0. The summed E-state index contributed by atoms with van der Waals surface area (Å²) in [6.07, 6.45) is 1.94. The highest BCUT2D eigenvalue weighted by molar-refractivity contribution is 5.94. The van der Waals surface area contributed by atoms with Crippen LogP contribution in [-0.4, -0.2) is 56.6 Å². The minimum Gasteiger partial charge on any atom is -0.493 e. The molecule has 0 aliphatic carbocycles. The predicted octanol–water partition coefficient (Wildman–Crippen LogP) is 5.32. The fraction of sp³-hybridized carbons (Fsp3) is 0.536. The van der Waals surface area contributed by atoms with Gasteiger partial charge < -0.3 is 24.8 Å². The third-order valence-electron chi connectivity index (χ3n) is 7.14. The van der Waals surface area contributed by atoms with Gasteiger partial charge in [0.15, 0.2) is 0 Å². The molecule has 194 valence electrons. The largest absolute Gasteiger partial charge is 0.493 e. The van der Waals surface area contributed by atoms with Crippen LogP contribution in [-0.2, 0) is 4.79 Å². The Balaban J connectivity index is 1.75. The Labute approximate surface area is 214 Å². The van der Waals surface area contributed by atoms with E-state index < -0.39 is 0 Å². The molecule has 8 heteroatoms. The van der Waals surface area contributed by atoms with Gasteiger partial charge in [0.05, 0.1) is 11.4 Å². The second-order valence-corrected chi connectivity index (χ2v) is 10.8. The van der Waals surface area contributed by atoms with Gasteiger partial charge in [0, 0.05) is 45.3 Å². The predicted molar refractivity (Wildman–Crippen MR) is 146 cm³/mol. The van der Waals surface area contributed by atoms with Gasteiger partial charge in [-0.15, -0.1) is 0 Å².